The van der Waals surface area contributed by atoms with Crippen LogP contribution in [0.3, 0.4) is 0 Å². The molecule has 0 bridgehead atoms. The second-order valence-electron chi connectivity index (χ2n) is 11.1. The number of rotatable bonds is 13. The molecule has 3 aromatic rings. The minimum Gasteiger partial charge on any atom is -0.481 e. The van der Waals surface area contributed by atoms with Gasteiger partial charge in [-0.05, 0) is 48.2 Å². The van der Waals surface area contributed by atoms with Gasteiger partial charge in [-0.1, -0.05) is 58.0 Å². The first-order valence-corrected chi connectivity index (χ1v) is 14.6. The number of nitrogens with zero attached hydrogens (tertiary/aromatic N) is 2. The number of nitrogens with two attached hydrogens (primary N) is 1. The normalized spacial score (nSPS) is 13.2. The number of aromatic nitrogens is 1. The van der Waals surface area contributed by atoms with Gasteiger partial charge in [-0.2, -0.15) is 11.8 Å². The van der Waals surface area contributed by atoms with E-state index in [-0.39, 0.29) is 17.2 Å². The van der Waals surface area contributed by atoms with Crippen LogP contribution in [0.25, 0.3) is 11.1 Å². The summed E-state index contributed by atoms with van der Waals surface area (Å²) >= 11 is 1.29. The Labute approximate surface area is 239 Å². The van der Waals surface area contributed by atoms with Gasteiger partial charge in [0.05, 0.1) is 17.7 Å². The van der Waals surface area contributed by atoms with Gasteiger partial charge in [0.15, 0.2) is 0 Å². The Hall–Kier alpha value is -3.17. The quantitative estimate of drug-likeness (QED) is 0.255. The largest absolute Gasteiger partial charge is 0.481 e. The number of carbonyl (C=O) groups excluding carboxylic acids is 1. The van der Waals surface area contributed by atoms with Crippen LogP contribution in [0.1, 0.15) is 51.4 Å². The predicted molar refractivity (Wildman–Crippen MR) is 157 cm³/mol. The number of benzene rings is 2. The van der Waals surface area contributed by atoms with E-state index in [2.05, 4.69) is 0 Å². The van der Waals surface area contributed by atoms with E-state index in [0.29, 0.717) is 37.4 Å². The molecule has 0 aliphatic rings. The van der Waals surface area contributed by atoms with Crippen LogP contribution in [-0.4, -0.2) is 51.0 Å². The van der Waals surface area contributed by atoms with E-state index in [1.807, 2.05) is 72.8 Å². The molecule has 3 N–H and O–H groups in total. The highest BCUT2D eigenvalue weighted by atomic mass is 32.2. The second kappa shape index (κ2) is 13.9. The van der Waals surface area contributed by atoms with Crippen LogP contribution in [0.4, 0.5) is 8.78 Å². The lowest BCUT2D eigenvalue weighted by Gasteiger charge is -2.41. The van der Waals surface area contributed by atoms with Crippen LogP contribution in [-0.2, 0) is 16.1 Å². The molecule has 6 nitrogen and oxygen atoms in total. The maximum atomic E-state index is 14.9. The summed E-state index contributed by atoms with van der Waals surface area (Å²) < 4.78 is 31.0. The number of amides is 1. The van der Waals surface area contributed by atoms with Crippen molar-refractivity contribution < 1.29 is 23.5 Å². The maximum Gasteiger partial charge on any atom is 0.307 e. The summed E-state index contributed by atoms with van der Waals surface area (Å²) in [5.74, 6) is -2.21. The summed E-state index contributed by atoms with van der Waals surface area (Å²) in [6.07, 6.45) is 2.40. The Morgan fingerprint density at radius 3 is 2.42 bits per heavy atom. The molecule has 0 spiro atoms. The van der Waals surface area contributed by atoms with Gasteiger partial charge in [-0.3, -0.25) is 9.59 Å². The third-order valence-corrected chi connectivity index (χ3v) is 7.90. The van der Waals surface area contributed by atoms with Crippen LogP contribution in [0.5, 0.6) is 0 Å². The van der Waals surface area contributed by atoms with E-state index in [0.717, 1.165) is 23.4 Å². The maximum absolute atomic E-state index is 14.9. The number of aliphatic carboxylic acids is 1. The Bertz CT molecular complexity index is 1290. The van der Waals surface area contributed by atoms with Crippen molar-refractivity contribution in [1.82, 2.24) is 9.47 Å². The Morgan fingerprint density at radius 1 is 1.10 bits per heavy atom. The van der Waals surface area contributed by atoms with Gasteiger partial charge >= 0.3 is 5.97 Å². The molecule has 40 heavy (non-hydrogen) atoms. The summed E-state index contributed by atoms with van der Waals surface area (Å²) in [5.41, 5.74) is 7.91. The molecule has 0 aliphatic carbocycles. The van der Waals surface area contributed by atoms with Crippen LogP contribution in [0.2, 0.25) is 0 Å². The average Bonchev–Trinajstić information content (AvgIpc) is 3.29. The van der Waals surface area contributed by atoms with Crippen molar-refractivity contribution in [2.45, 2.75) is 46.7 Å². The Kier molecular flexibility index (Phi) is 10.9. The van der Waals surface area contributed by atoms with Gasteiger partial charge in [0.1, 0.15) is 11.6 Å². The molecule has 0 saturated carbocycles. The number of halogens is 2. The molecule has 2 aromatic carbocycles. The van der Waals surface area contributed by atoms with Gasteiger partial charge in [0.25, 0.3) is 0 Å². The highest BCUT2D eigenvalue weighted by Gasteiger charge is 2.37. The molecule has 9 heteroatoms. The third kappa shape index (κ3) is 8.17. The lowest BCUT2D eigenvalue weighted by Crippen LogP contribution is -2.44. The molecule has 2 atom stereocenters. The molecule has 0 aliphatic heterocycles. The molecule has 1 heterocycles. The van der Waals surface area contributed by atoms with Crippen molar-refractivity contribution in [3.8, 4) is 11.1 Å². The van der Waals surface area contributed by atoms with Crippen LogP contribution in [0.15, 0.2) is 60.8 Å². The Morgan fingerprint density at radius 2 is 1.80 bits per heavy atom. The van der Waals surface area contributed by atoms with E-state index in [9.17, 15) is 23.5 Å². The molecule has 0 unspecified atom stereocenters. The van der Waals surface area contributed by atoms with Crippen molar-refractivity contribution in [2.75, 3.05) is 24.6 Å². The Balaban J connectivity index is 2.10. The summed E-state index contributed by atoms with van der Waals surface area (Å²) in [5, 5.41) is 9.23. The second-order valence-corrected chi connectivity index (χ2v) is 12.2. The predicted octanol–water partition coefficient (Wildman–Crippen LogP) is 6.20. The molecule has 1 aromatic heterocycles. The standard InChI is InChI=1S/C31H39F2N3O3S/c1-21(30(38)39)19-40-20-28(37)36(14-8-13-34)29(31(2,3)4)27-15-23(25-16-24(32)11-12-26(25)33)18-35(27)17-22-9-6-5-7-10-22/h5-7,9-12,15-16,18,21,29H,8,13-14,17,19-20,34H2,1-4H3,(H,38,39)/t21-,29-/m0/s1. The first-order chi connectivity index (χ1) is 18.9. The molecule has 0 radical (unpaired) electrons. The van der Waals surface area contributed by atoms with Crippen molar-refractivity contribution in [2.24, 2.45) is 17.1 Å². The molecule has 216 valence electrons. The van der Waals surface area contributed by atoms with Crippen molar-refractivity contribution in [1.29, 1.82) is 0 Å². The van der Waals surface area contributed by atoms with Crippen molar-refractivity contribution in [3.63, 3.8) is 0 Å². The van der Waals surface area contributed by atoms with Crippen LogP contribution in [0, 0.1) is 23.0 Å². The van der Waals surface area contributed by atoms with E-state index in [1.54, 1.807) is 6.92 Å². The lowest BCUT2D eigenvalue weighted by molar-refractivity contribution is -0.140. The topological polar surface area (TPSA) is 88.6 Å². The molecular formula is C31H39F2N3O3S. The van der Waals surface area contributed by atoms with E-state index >= 15 is 0 Å². The van der Waals surface area contributed by atoms with E-state index < -0.39 is 35.0 Å². The average molecular weight is 572 g/mol. The fraction of sp³-hybridized carbons (Fsp3) is 0.419. The monoisotopic (exact) mass is 571 g/mol. The molecule has 0 saturated heterocycles. The molecule has 3 rings (SSSR count). The number of hydrogen-bond acceptors (Lipinski definition) is 4. The van der Waals surface area contributed by atoms with E-state index in [1.165, 1.54) is 17.8 Å². The first-order valence-electron chi connectivity index (χ1n) is 13.4. The molecule has 1 amide bonds. The summed E-state index contributed by atoms with van der Waals surface area (Å²) in [6.45, 7) is 9.03. The zero-order valence-electron chi connectivity index (χ0n) is 23.6. The highest BCUT2D eigenvalue weighted by molar-refractivity contribution is 7.99. The first kappa shape index (κ1) is 31.4. The summed E-state index contributed by atoms with van der Waals surface area (Å²) in [6, 6.07) is 14.6. The summed E-state index contributed by atoms with van der Waals surface area (Å²) in [7, 11) is 0. The van der Waals surface area contributed by atoms with Crippen molar-refractivity contribution in [3.05, 3.63) is 83.7 Å². The SMILES string of the molecule is C[C@@H](CSCC(=O)N(CCCN)[C@@H](c1cc(-c2cc(F)ccc2F)cn1Cc1ccccc1)C(C)(C)C)C(=O)O. The number of carboxylic acid groups (broad SMARTS) is 1. The fourth-order valence-electron chi connectivity index (χ4n) is 4.75. The molecule has 0 fully saturated rings. The zero-order chi connectivity index (χ0) is 29.4. The third-order valence-electron chi connectivity index (χ3n) is 6.72. The van der Waals surface area contributed by atoms with Gasteiger partial charge in [0.2, 0.25) is 5.91 Å². The van der Waals surface area contributed by atoms with Gasteiger partial charge in [0, 0.05) is 41.9 Å². The highest BCUT2D eigenvalue weighted by Crippen LogP contribution is 2.41. The van der Waals surface area contributed by atoms with Crippen LogP contribution < -0.4 is 5.73 Å². The van der Waals surface area contributed by atoms with Gasteiger partial charge in [-0.15, -0.1) is 0 Å². The number of carboxylic acids is 1. The minimum atomic E-state index is -0.900. The number of thioether (sulfide) groups is 1. The number of carbonyl (C=O) groups is 2. The lowest BCUT2D eigenvalue weighted by atomic mass is 9.83. The fourth-order valence-corrected chi connectivity index (χ4v) is 5.70. The smallest absolute Gasteiger partial charge is 0.307 e. The van der Waals surface area contributed by atoms with Gasteiger partial charge in [-0.25, -0.2) is 8.78 Å². The van der Waals surface area contributed by atoms with E-state index in [4.69, 9.17) is 5.73 Å². The number of hydrogen-bond donors (Lipinski definition) is 2. The van der Waals surface area contributed by atoms with Gasteiger partial charge < -0.3 is 20.3 Å². The van der Waals surface area contributed by atoms with Crippen LogP contribution >= 0.6 is 11.8 Å². The summed E-state index contributed by atoms with van der Waals surface area (Å²) in [4.78, 5) is 26.8. The minimum absolute atomic E-state index is 0.123. The molecular weight excluding hydrogens is 532 g/mol. The van der Waals surface area contributed by atoms with Crippen molar-refractivity contribution >= 4 is 23.6 Å². The zero-order valence-corrected chi connectivity index (χ0v) is 24.4.